The van der Waals surface area contributed by atoms with Crippen LogP contribution in [0.2, 0.25) is 1.41 Å². The maximum Gasteiger partial charge on any atom is 0.234 e. The Hall–Kier alpha value is -0.900. The highest BCUT2D eigenvalue weighted by atomic mass is 16.2. The van der Waals surface area contributed by atoms with Crippen molar-refractivity contribution < 1.29 is 11.0 Å². The molecular weight excluding hydrogens is 120 g/mol. The normalized spacial score (nSPS) is 13.7. The summed E-state index contributed by atoms with van der Waals surface area (Å²) in [5.74, 6) is -0.352. The third-order valence-corrected chi connectivity index (χ3v) is 0.753. The summed E-state index contributed by atoms with van der Waals surface area (Å²) in [6, 6.07) is -0.471. The van der Waals surface area contributed by atoms with Crippen molar-refractivity contribution in [2.75, 3.05) is 6.54 Å². The van der Waals surface area contributed by atoms with Gasteiger partial charge in [-0.3, -0.25) is 4.79 Å². The maximum atomic E-state index is 10.6. The van der Waals surface area contributed by atoms with Crippen LogP contribution < -0.4 is 11.0 Å². The first-order valence-electron chi connectivity index (χ1n) is 3.10. The van der Waals surface area contributed by atoms with Gasteiger partial charge in [0.15, 0.2) is 0 Å². The second kappa shape index (κ2) is 4.03. The molecule has 0 aromatic heterocycles. The quantitative estimate of drug-likeness (QED) is 0.463. The number of hydrogen-bond donors (Lipinski definition) is 2. The number of carbonyl (C=O) groups excluding carboxylic acids is 2. The van der Waals surface area contributed by atoms with E-state index < -0.39 is 6.04 Å². The van der Waals surface area contributed by atoms with E-state index in [-0.39, 0.29) is 12.5 Å². The Morgan fingerprint density at radius 1 is 2.11 bits per heavy atom. The molecule has 0 bridgehead atoms. The molecule has 0 unspecified atom stereocenters. The number of rotatable bonds is 4. The minimum absolute atomic E-state index is 0.0851. The van der Waals surface area contributed by atoms with Gasteiger partial charge in [0.1, 0.15) is 7.70 Å². The lowest BCUT2D eigenvalue weighted by Crippen LogP contribution is -2.37. The van der Waals surface area contributed by atoms with Gasteiger partial charge in [-0.1, -0.05) is 0 Å². The molecule has 0 spiro atoms. The lowest BCUT2D eigenvalue weighted by molar-refractivity contribution is -0.122. The fraction of sp³-hybridized carbons (Fsp3) is 0.600. The van der Waals surface area contributed by atoms with Crippen LogP contribution in [-0.4, -0.2) is 24.8 Å². The standard InChI is InChI=1S/C5H10N2O2/c1-4(3-8)7-5(9)2-6/h3-4H,2,6H2,1H3,(H,7,9)/t4-/m0/s1/i/hD. The average Bonchev–Trinajstić information content (AvgIpc) is 1.88. The van der Waals surface area contributed by atoms with Gasteiger partial charge in [0.05, 0.1) is 12.6 Å². The van der Waals surface area contributed by atoms with Crippen LogP contribution in [0.5, 0.6) is 0 Å². The molecule has 0 saturated heterocycles. The summed E-state index contributed by atoms with van der Waals surface area (Å²) in [5.41, 5.74) is 1.92. The van der Waals surface area contributed by atoms with Gasteiger partial charge < -0.3 is 15.8 Å². The lowest BCUT2D eigenvalue weighted by atomic mass is 10.4. The van der Waals surface area contributed by atoms with E-state index in [1.807, 2.05) is 5.73 Å². The SMILES string of the molecule is [2H]NCC(=O)N[C@@H](C)C=O. The number of amides is 1. The molecule has 9 heavy (non-hydrogen) atoms. The molecular formula is C5H10N2O2. The summed E-state index contributed by atoms with van der Waals surface area (Å²) in [6.45, 7) is 1.48. The van der Waals surface area contributed by atoms with Crippen molar-refractivity contribution in [1.29, 1.82) is 0 Å². The predicted octanol–water partition coefficient (Wildman–Crippen LogP) is -1.35. The van der Waals surface area contributed by atoms with Crippen LogP contribution in [0.3, 0.4) is 0 Å². The minimum atomic E-state index is -0.471. The van der Waals surface area contributed by atoms with E-state index in [1.165, 1.54) is 0 Å². The molecule has 0 heterocycles. The lowest BCUT2D eigenvalue weighted by Gasteiger charge is -2.03. The molecule has 1 amide bonds. The van der Waals surface area contributed by atoms with Gasteiger partial charge in [0.25, 0.3) is 0 Å². The Balaban J connectivity index is 3.46. The van der Waals surface area contributed by atoms with Crippen molar-refractivity contribution in [3.63, 3.8) is 0 Å². The number of nitrogens with two attached hydrogens (primary N) is 1. The van der Waals surface area contributed by atoms with Crippen molar-refractivity contribution in [3.05, 3.63) is 0 Å². The number of nitrogens with one attached hydrogen (secondary N) is 1. The van der Waals surface area contributed by atoms with E-state index >= 15 is 0 Å². The first kappa shape index (κ1) is 6.22. The summed E-state index contributed by atoms with van der Waals surface area (Å²) < 4.78 is 6.44. The maximum absolute atomic E-state index is 10.6. The van der Waals surface area contributed by atoms with Gasteiger partial charge in [-0.25, -0.2) is 0 Å². The highest BCUT2D eigenvalue weighted by Crippen LogP contribution is 1.71. The zero-order chi connectivity index (χ0) is 7.98. The fourth-order valence-corrected chi connectivity index (χ4v) is 0.339. The Kier molecular flexibility index (Phi) is 2.78. The van der Waals surface area contributed by atoms with Crippen molar-refractivity contribution in [2.45, 2.75) is 13.0 Å². The van der Waals surface area contributed by atoms with Crippen LogP contribution in [0, 0.1) is 0 Å². The third kappa shape index (κ3) is 3.66. The number of aldehydes is 1. The third-order valence-electron chi connectivity index (χ3n) is 0.753. The first-order chi connectivity index (χ1) is 4.70. The van der Waals surface area contributed by atoms with Crippen LogP contribution in [0.25, 0.3) is 0 Å². The molecule has 0 saturated carbocycles. The summed E-state index contributed by atoms with van der Waals surface area (Å²) in [7, 11) is 0. The first-order valence-corrected chi connectivity index (χ1v) is 2.60. The molecule has 1 atom stereocenters. The summed E-state index contributed by atoms with van der Waals surface area (Å²) in [6.07, 6.45) is 0.627. The summed E-state index contributed by atoms with van der Waals surface area (Å²) >= 11 is 0. The molecule has 0 aliphatic rings. The van der Waals surface area contributed by atoms with E-state index in [4.69, 9.17) is 1.41 Å². The van der Waals surface area contributed by atoms with Crippen LogP contribution in [-0.2, 0) is 9.59 Å². The molecule has 4 nitrogen and oxygen atoms in total. The smallest absolute Gasteiger partial charge is 0.234 e. The molecule has 0 aliphatic heterocycles. The molecule has 0 radical (unpaired) electrons. The van der Waals surface area contributed by atoms with E-state index in [9.17, 15) is 9.59 Å². The van der Waals surface area contributed by atoms with E-state index in [1.54, 1.807) is 6.92 Å². The highest BCUT2D eigenvalue weighted by Gasteiger charge is 2.01. The second-order valence-corrected chi connectivity index (χ2v) is 1.67. The van der Waals surface area contributed by atoms with Crippen LogP contribution >= 0.6 is 0 Å². The topological polar surface area (TPSA) is 72.2 Å². The largest absolute Gasteiger partial charge is 0.346 e. The molecule has 0 aliphatic carbocycles. The molecule has 4 heteroatoms. The molecule has 3 N–H and O–H groups in total. The van der Waals surface area contributed by atoms with Crippen LogP contribution in [0.15, 0.2) is 0 Å². The van der Waals surface area contributed by atoms with E-state index in [0.29, 0.717) is 6.29 Å². The zero-order valence-corrected chi connectivity index (χ0v) is 5.18. The van der Waals surface area contributed by atoms with Crippen LogP contribution in [0.4, 0.5) is 0 Å². The van der Waals surface area contributed by atoms with Crippen molar-refractivity contribution in [3.8, 4) is 0 Å². The molecule has 0 aromatic carbocycles. The second-order valence-electron chi connectivity index (χ2n) is 1.67. The Labute approximate surface area is 54.9 Å². The van der Waals surface area contributed by atoms with Gasteiger partial charge in [-0.2, -0.15) is 0 Å². The molecule has 0 fully saturated rings. The van der Waals surface area contributed by atoms with Gasteiger partial charge >= 0.3 is 0 Å². The van der Waals surface area contributed by atoms with E-state index in [0.717, 1.165) is 0 Å². The summed E-state index contributed by atoms with van der Waals surface area (Å²) in [4.78, 5) is 20.5. The fourth-order valence-electron chi connectivity index (χ4n) is 0.339. The van der Waals surface area contributed by atoms with Crippen molar-refractivity contribution in [2.24, 2.45) is 5.73 Å². The highest BCUT2D eigenvalue weighted by molar-refractivity contribution is 5.80. The van der Waals surface area contributed by atoms with Gasteiger partial charge in [0.2, 0.25) is 5.91 Å². The van der Waals surface area contributed by atoms with Crippen molar-refractivity contribution >= 4 is 12.2 Å². The zero-order valence-electron chi connectivity index (χ0n) is 6.18. The number of hydrogen-bond acceptors (Lipinski definition) is 3. The predicted molar refractivity (Wildman–Crippen MR) is 32.7 cm³/mol. The Morgan fingerprint density at radius 2 is 2.78 bits per heavy atom. The van der Waals surface area contributed by atoms with E-state index in [2.05, 4.69) is 5.32 Å². The number of carbonyl (C=O) groups is 2. The van der Waals surface area contributed by atoms with Crippen LogP contribution in [0.1, 0.15) is 6.92 Å². The molecule has 0 rings (SSSR count). The molecule has 52 valence electrons. The average molecular weight is 131 g/mol. The Morgan fingerprint density at radius 3 is 3.22 bits per heavy atom. The monoisotopic (exact) mass is 131 g/mol. The van der Waals surface area contributed by atoms with Crippen molar-refractivity contribution in [1.82, 2.24) is 5.32 Å². The van der Waals surface area contributed by atoms with Gasteiger partial charge in [-0.05, 0) is 6.92 Å². The molecule has 0 aromatic rings. The Bertz CT molecular complexity index is 129. The summed E-state index contributed by atoms with van der Waals surface area (Å²) in [5, 5.41) is 2.34. The van der Waals surface area contributed by atoms with Gasteiger partial charge in [-0.15, -0.1) is 0 Å². The minimum Gasteiger partial charge on any atom is -0.346 e. The van der Waals surface area contributed by atoms with Gasteiger partial charge in [0, 0.05) is 0 Å².